The highest BCUT2D eigenvalue weighted by molar-refractivity contribution is 5.89. The fourth-order valence-corrected chi connectivity index (χ4v) is 2.07. The van der Waals surface area contributed by atoms with Gasteiger partial charge in [0.2, 0.25) is 5.91 Å². The molecule has 1 rings (SSSR count). The molecule has 7 nitrogen and oxygen atoms in total. The van der Waals surface area contributed by atoms with Crippen LogP contribution in [-0.4, -0.2) is 35.1 Å². The summed E-state index contributed by atoms with van der Waals surface area (Å²) in [5.41, 5.74) is 3.66. The van der Waals surface area contributed by atoms with Gasteiger partial charge in [-0.15, -0.1) is 0 Å². The molecule has 1 saturated carbocycles. The Morgan fingerprint density at radius 1 is 1.32 bits per heavy atom. The van der Waals surface area contributed by atoms with E-state index in [1.807, 2.05) is 0 Å². The van der Waals surface area contributed by atoms with Crippen LogP contribution in [0.4, 0.5) is 4.79 Å². The number of nitrogens with one attached hydrogen (secondary N) is 2. The number of aliphatic carboxylic acids is 1. The number of urea groups is 1. The second-order valence-corrected chi connectivity index (χ2v) is 5.72. The molecule has 0 aromatic rings. The minimum Gasteiger partial charge on any atom is -0.481 e. The largest absolute Gasteiger partial charge is 0.481 e. The summed E-state index contributed by atoms with van der Waals surface area (Å²) >= 11 is 0. The lowest BCUT2D eigenvalue weighted by atomic mass is 9.66. The third kappa shape index (κ3) is 4.11. The van der Waals surface area contributed by atoms with Gasteiger partial charge in [0.1, 0.15) is 5.54 Å². The molecule has 108 valence electrons. The molecule has 7 heteroatoms. The van der Waals surface area contributed by atoms with Gasteiger partial charge in [-0.1, -0.05) is 6.42 Å². The van der Waals surface area contributed by atoms with Gasteiger partial charge in [0.25, 0.3) is 0 Å². The van der Waals surface area contributed by atoms with E-state index in [-0.39, 0.29) is 11.8 Å². The van der Waals surface area contributed by atoms with Crippen molar-refractivity contribution in [2.24, 2.45) is 11.1 Å². The second-order valence-electron chi connectivity index (χ2n) is 5.72. The monoisotopic (exact) mass is 271 g/mol. The van der Waals surface area contributed by atoms with Gasteiger partial charge in [-0.05, 0) is 32.1 Å². The van der Waals surface area contributed by atoms with Gasteiger partial charge in [0, 0.05) is 6.54 Å². The Labute approximate surface area is 111 Å². The maximum absolute atomic E-state index is 11.7. The van der Waals surface area contributed by atoms with Crippen molar-refractivity contribution in [1.82, 2.24) is 10.6 Å². The number of primary amides is 1. The first kappa shape index (κ1) is 15.3. The van der Waals surface area contributed by atoms with Crippen molar-refractivity contribution >= 4 is 17.9 Å². The molecule has 1 fully saturated rings. The van der Waals surface area contributed by atoms with Crippen LogP contribution in [0, 0.1) is 5.41 Å². The number of carboxylic acids is 1. The van der Waals surface area contributed by atoms with Crippen LogP contribution < -0.4 is 16.4 Å². The van der Waals surface area contributed by atoms with Crippen molar-refractivity contribution in [3.8, 4) is 0 Å². The highest BCUT2D eigenvalue weighted by Crippen LogP contribution is 2.43. The van der Waals surface area contributed by atoms with E-state index in [1.165, 1.54) is 13.8 Å². The molecule has 1 aliphatic carbocycles. The summed E-state index contributed by atoms with van der Waals surface area (Å²) in [7, 11) is 0. The van der Waals surface area contributed by atoms with Crippen molar-refractivity contribution in [3.05, 3.63) is 0 Å². The van der Waals surface area contributed by atoms with E-state index < -0.39 is 23.4 Å². The molecule has 3 amide bonds. The van der Waals surface area contributed by atoms with Crippen molar-refractivity contribution in [1.29, 1.82) is 0 Å². The molecule has 0 saturated heterocycles. The van der Waals surface area contributed by atoms with Gasteiger partial charge < -0.3 is 21.5 Å². The van der Waals surface area contributed by atoms with E-state index in [9.17, 15) is 14.4 Å². The molecule has 0 aromatic heterocycles. The average molecular weight is 271 g/mol. The molecule has 0 radical (unpaired) electrons. The number of amides is 3. The number of carbonyl (C=O) groups is 3. The van der Waals surface area contributed by atoms with E-state index >= 15 is 0 Å². The van der Waals surface area contributed by atoms with Crippen molar-refractivity contribution in [2.75, 3.05) is 6.54 Å². The molecule has 0 bridgehead atoms. The minimum absolute atomic E-state index is 0.0481. The molecule has 0 unspecified atom stereocenters. The molecule has 1 aliphatic rings. The predicted octanol–water partition coefficient (Wildman–Crippen LogP) is 0.195. The van der Waals surface area contributed by atoms with Crippen molar-refractivity contribution < 1.29 is 19.5 Å². The Balaban J connectivity index is 2.45. The Morgan fingerprint density at radius 2 is 1.89 bits per heavy atom. The highest BCUT2D eigenvalue weighted by atomic mass is 16.4. The third-order valence-electron chi connectivity index (χ3n) is 3.61. The number of rotatable bonds is 6. The van der Waals surface area contributed by atoms with E-state index in [4.69, 9.17) is 10.8 Å². The fourth-order valence-electron chi connectivity index (χ4n) is 2.07. The van der Waals surface area contributed by atoms with Crippen LogP contribution in [0.15, 0.2) is 0 Å². The minimum atomic E-state index is -1.14. The summed E-state index contributed by atoms with van der Waals surface area (Å²) in [5, 5.41) is 13.9. The van der Waals surface area contributed by atoms with Crippen LogP contribution in [0.2, 0.25) is 0 Å². The van der Waals surface area contributed by atoms with E-state index in [0.717, 1.165) is 19.3 Å². The highest BCUT2D eigenvalue weighted by Gasteiger charge is 2.39. The van der Waals surface area contributed by atoms with Crippen LogP contribution in [0.3, 0.4) is 0 Å². The number of carbonyl (C=O) groups excluding carboxylic acids is 2. The molecule has 5 N–H and O–H groups in total. The maximum atomic E-state index is 11.7. The summed E-state index contributed by atoms with van der Waals surface area (Å²) in [4.78, 5) is 33.5. The van der Waals surface area contributed by atoms with Gasteiger partial charge in [-0.3, -0.25) is 9.59 Å². The van der Waals surface area contributed by atoms with Crippen LogP contribution in [0.5, 0.6) is 0 Å². The number of hydrogen-bond acceptors (Lipinski definition) is 3. The smallest absolute Gasteiger partial charge is 0.315 e. The Kier molecular flexibility index (Phi) is 4.39. The predicted molar refractivity (Wildman–Crippen MR) is 68.3 cm³/mol. The second kappa shape index (κ2) is 5.46. The number of nitrogens with two attached hydrogens (primary N) is 1. The summed E-state index contributed by atoms with van der Waals surface area (Å²) in [6.07, 6.45) is 2.60. The standard InChI is InChI=1S/C12H21N3O4/c1-11(2,9(13)18)15-10(19)14-7-12(4-3-5-12)6-8(16)17/h3-7H2,1-2H3,(H2,13,18)(H,16,17)(H2,14,15,19). The van der Waals surface area contributed by atoms with Gasteiger partial charge in [0.05, 0.1) is 6.42 Å². The van der Waals surface area contributed by atoms with Crippen molar-refractivity contribution in [3.63, 3.8) is 0 Å². The molecular weight excluding hydrogens is 250 g/mol. The summed E-state index contributed by atoms with van der Waals surface area (Å²) in [6.45, 7) is 3.30. The summed E-state index contributed by atoms with van der Waals surface area (Å²) < 4.78 is 0. The lowest BCUT2D eigenvalue weighted by Gasteiger charge is -2.41. The fraction of sp³-hybridized carbons (Fsp3) is 0.750. The van der Waals surface area contributed by atoms with Gasteiger partial charge in [-0.2, -0.15) is 0 Å². The van der Waals surface area contributed by atoms with E-state index in [1.54, 1.807) is 0 Å². The summed E-state index contributed by atoms with van der Waals surface area (Å²) in [5.74, 6) is -1.49. The lowest BCUT2D eigenvalue weighted by Crippen LogP contribution is -2.57. The van der Waals surface area contributed by atoms with E-state index in [2.05, 4.69) is 10.6 Å². The first-order chi connectivity index (χ1) is 8.67. The first-order valence-corrected chi connectivity index (χ1v) is 6.25. The Hall–Kier alpha value is -1.79. The van der Waals surface area contributed by atoms with Crippen LogP contribution in [-0.2, 0) is 9.59 Å². The topological polar surface area (TPSA) is 122 Å². The van der Waals surface area contributed by atoms with Gasteiger partial charge >= 0.3 is 12.0 Å². The van der Waals surface area contributed by atoms with E-state index in [0.29, 0.717) is 6.54 Å². The zero-order valence-electron chi connectivity index (χ0n) is 11.3. The first-order valence-electron chi connectivity index (χ1n) is 6.25. The normalized spacial score (nSPS) is 17.2. The van der Waals surface area contributed by atoms with Crippen LogP contribution in [0.1, 0.15) is 39.5 Å². The zero-order chi connectivity index (χ0) is 14.7. The Bertz CT molecular complexity index is 388. The van der Waals surface area contributed by atoms with Crippen LogP contribution >= 0.6 is 0 Å². The van der Waals surface area contributed by atoms with Gasteiger partial charge in [0.15, 0.2) is 0 Å². The number of carboxylic acid groups (broad SMARTS) is 1. The van der Waals surface area contributed by atoms with Crippen molar-refractivity contribution in [2.45, 2.75) is 45.1 Å². The van der Waals surface area contributed by atoms with Crippen LogP contribution in [0.25, 0.3) is 0 Å². The lowest BCUT2D eigenvalue weighted by molar-refractivity contribution is -0.141. The third-order valence-corrected chi connectivity index (χ3v) is 3.61. The molecule has 0 atom stereocenters. The molecule has 0 aromatic carbocycles. The summed E-state index contributed by atoms with van der Waals surface area (Å²) in [6, 6.07) is -0.513. The Morgan fingerprint density at radius 3 is 2.26 bits per heavy atom. The molecular formula is C12H21N3O4. The molecule has 0 heterocycles. The molecule has 0 spiro atoms. The van der Waals surface area contributed by atoms with Gasteiger partial charge in [-0.25, -0.2) is 4.79 Å². The SMILES string of the molecule is CC(C)(NC(=O)NCC1(CC(=O)O)CCC1)C(N)=O. The molecule has 0 aliphatic heterocycles. The quantitative estimate of drug-likeness (QED) is 0.551. The maximum Gasteiger partial charge on any atom is 0.315 e. The molecule has 19 heavy (non-hydrogen) atoms. The number of hydrogen-bond donors (Lipinski definition) is 4. The zero-order valence-corrected chi connectivity index (χ0v) is 11.3. The average Bonchev–Trinajstić information content (AvgIpc) is 2.20.